The van der Waals surface area contributed by atoms with Gasteiger partial charge in [-0.2, -0.15) is 0 Å². The molecule has 4 heteroatoms. The van der Waals surface area contributed by atoms with Crippen molar-refractivity contribution in [3.8, 4) is 0 Å². The molecule has 0 radical (unpaired) electrons. The van der Waals surface area contributed by atoms with Crippen LogP contribution in [0.2, 0.25) is 0 Å². The van der Waals surface area contributed by atoms with E-state index in [1.54, 1.807) is 6.20 Å². The average Bonchev–Trinajstić information content (AvgIpc) is 2.87. The number of rotatable bonds is 6. The summed E-state index contributed by atoms with van der Waals surface area (Å²) in [4.78, 5) is 19.4. The van der Waals surface area contributed by atoms with E-state index in [9.17, 15) is 4.79 Å². The van der Waals surface area contributed by atoms with Gasteiger partial charge in [0.05, 0.1) is 6.20 Å². The van der Waals surface area contributed by atoms with E-state index in [1.807, 2.05) is 0 Å². The predicted octanol–water partition coefficient (Wildman–Crippen LogP) is 2.92. The van der Waals surface area contributed by atoms with Gasteiger partial charge in [-0.15, -0.1) is 0 Å². The number of hydrogen-bond donors (Lipinski definition) is 2. The molecule has 2 rings (SSSR count). The average molecular weight is 249 g/mol. The molecule has 1 aromatic rings. The minimum absolute atomic E-state index is 0.327. The molecule has 1 aliphatic carbocycles. The zero-order valence-electron chi connectivity index (χ0n) is 11.2. The largest absolute Gasteiger partial charge is 0.370 e. The highest BCUT2D eigenvalue weighted by Gasteiger charge is 2.20. The first-order chi connectivity index (χ1) is 8.79. The molecule has 0 unspecified atom stereocenters. The van der Waals surface area contributed by atoms with Gasteiger partial charge in [-0.05, 0) is 12.8 Å². The third kappa shape index (κ3) is 3.59. The van der Waals surface area contributed by atoms with Crippen molar-refractivity contribution in [1.29, 1.82) is 0 Å². The maximum atomic E-state index is 12.0. The molecule has 100 valence electrons. The van der Waals surface area contributed by atoms with E-state index >= 15 is 0 Å². The summed E-state index contributed by atoms with van der Waals surface area (Å²) in [6.07, 6.45) is 9.29. The van der Waals surface area contributed by atoms with Crippen LogP contribution in [0.3, 0.4) is 0 Å². The van der Waals surface area contributed by atoms with Crippen molar-refractivity contribution in [2.45, 2.75) is 51.9 Å². The molecule has 0 saturated heterocycles. The van der Waals surface area contributed by atoms with Gasteiger partial charge in [-0.25, -0.2) is 4.98 Å². The number of aromatic amines is 1. The van der Waals surface area contributed by atoms with E-state index in [0.29, 0.717) is 24.7 Å². The van der Waals surface area contributed by atoms with Gasteiger partial charge in [-0.1, -0.05) is 26.2 Å². The number of imidazole rings is 1. The fraction of sp³-hybridized carbons (Fsp3) is 0.714. The standard InChI is InChI=1S/C14H23N3O/c1-2-13-16-10-14(17-13)15-9-8-12(18)11-6-4-3-5-7-11/h10-11,15H,2-9H2,1H3,(H,16,17). The van der Waals surface area contributed by atoms with E-state index in [-0.39, 0.29) is 0 Å². The van der Waals surface area contributed by atoms with Crippen LogP contribution in [-0.4, -0.2) is 22.3 Å². The van der Waals surface area contributed by atoms with Crippen molar-refractivity contribution in [2.75, 3.05) is 11.9 Å². The van der Waals surface area contributed by atoms with Crippen LogP contribution in [0.1, 0.15) is 51.3 Å². The Kier molecular flexibility index (Phi) is 4.79. The summed E-state index contributed by atoms with van der Waals surface area (Å²) in [5.74, 6) is 2.66. The molecule has 1 aliphatic rings. The maximum Gasteiger partial charge on any atom is 0.137 e. The van der Waals surface area contributed by atoms with Gasteiger partial charge in [0.2, 0.25) is 0 Å². The summed E-state index contributed by atoms with van der Waals surface area (Å²) in [5, 5.41) is 3.23. The van der Waals surface area contributed by atoms with Crippen LogP contribution < -0.4 is 5.32 Å². The smallest absolute Gasteiger partial charge is 0.137 e. The van der Waals surface area contributed by atoms with Crippen LogP contribution in [0.4, 0.5) is 5.82 Å². The van der Waals surface area contributed by atoms with Crippen molar-refractivity contribution in [3.63, 3.8) is 0 Å². The van der Waals surface area contributed by atoms with E-state index in [2.05, 4.69) is 22.2 Å². The van der Waals surface area contributed by atoms with Crippen LogP contribution in [-0.2, 0) is 11.2 Å². The fourth-order valence-corrected chi connectivity index (χ4v) is 2.58. The quantitative estimate of drug-likeness (QED) is 0.815. The number of nitrogens with one attached hydrogen (secondary N) is 2. The number of nitrogens with zero attached hydrogens (tertiary/aromatic N) is 1. The lowest BCUT2D eigenvalue weighted by Gasteiger charge is -2.20. The molecule has 1 fully saturated rings. The summed E-state index contributed by atoms with van der Waals surface area (Å²) in [6.45, 7) is 2.77. The van der Waals surface area contributed by atoms with Crippen LogP contribution in [0.25, 0.3) is 0 Å². The second kappa shape index (κ2) is 6.57. The summed E-state index contributed by atoms with van der Waals surface area (Å²) in [6, 6.07) is 0. The van der Waals surface area contributed by atoms with Crippen LogP contribution in [0.15, 0.2) is 6.20 Å². The Labute approximate surface area is 109 Å². The van der Waals surface area contributed by atoms with Gasteiger partial charge in [0.15, 0.2) is 0 Å². The first-order valence-corrected chi connectivity index (χ1v) is 7.10. The monoisotopic (exact) mass is 249 g/mol. The number of aromatic nitrogens is 2. The van der Waals surface area contributed by atoms with Crippen molar-refractivity contribution in [2.24, 2.45) is 5.92 Å². The lowest BCUT2D eigenvalue weighted by molar-refractivity contribution is -0.123. The van der Waals surface area contributed by atoms with Crippen molar-refractivity contribution in [1.82, 2.24) is 9.97 Å². The number of anilines is 1. The van der Waals surface area contributed by atoms with Crippen molar-refractivity contribution in [3.05, 3.63) is 12.0 Å². The molecule has 0 atom stereocenters. The number of carbonyl (C=O) groups excluding carboxylic acids is 1. The highest BCUT2D eigenvalue weighted by Crippen LogP contribution is 2.25. The van der Waals surface area contributed by atoms with E-state index in [0.717, 1.165) is 30.9 Å². The summed E-state index contributed by atoms with van der Waals surface area (Å²) >= 11 is 0. The Hall–Kier alpha value is -1.32. The first-order valence-electron chi connectivity index (χ1n) is 7.10. The second-order valence-corrected chi connectivity index (χ2v) is 5.08. The zero-order valence-corrected chi connectivity index (χ0v) is 11.2. The molecule has 1 aromatic heterocycles. The van der Waals surface area contributed by atoms with Gasteiger partial charge in [0, 0.05) is 25.3 Å². The molecule has 4 nitrogen and oxygen atoms in total. The summed E-state index contributed by atoms with van der Waals surface area (Å²) < 4.78 is 0. The molecular formula is C14H23N3O. The Morgan fingerprint density at radius 2 is 2.22 bits per heavy atom. The van der Waals surface area contributed by atoms with Gasteiger partial charge in [-0.3, -0.25) is 4.79 Å². The summed E-state index contributed by atoms with van der Waals surface area (Å²) in [5.41, 5.74) is 0. The number of carbonyl (C=O) groups is 1. The van der Waals surface area contributed by atoms with Gasteiger partial charge in [0.25, 0.3) is 0 Å². The van der Waals surface area contributed by atoms with Crippen LogP contribution >= 0.6 is 0 Å². The van der Waals surface area contributed by atoms with Gasteiger partial charge in [0.1, 0.15) is 17.4 Å². The molecule has 1 heterocycles. The third-order valence-electron chi connectivity index (χ3n) is 3.71. The van der Waals surface area contributed by atoms with Gasteiger partial charge >= 0.3 is 0 Å². The molecule has 0 spiro atoms. The Morgan fingerprint density at radius 1 is 1.44 bits per heavy atom. The lowest BCUT2D eigenvalue weighted by Crippen LogP contribution is -2.20. The van der Waals surface area contributed by atoms with Crippen molar-refractivity contribution < 1.29 is 4.79 Å². The second-order valence-electron chi connectivity index (χ2n) is 5.08. The normalized spacial score (nSPS) is 16.7. The number of Topliss-reactive ketones (excluding diaryl/α,β-unsaturated/α-hetero) is 1. The van der Waals surface area contributed by atoms with Crippen LogP contribution in [0, 0.1) is 5.92 Å². The molecule has 1 saturated carbocycles. The number of hydrogen-bond acceptors (Lipinski definition) is 3. The third-order valence-corrected chi connectivity index (χ3v) is 3.71. The Bertz CT molecular complexity index is 380. The number of aryl methyl sites for hydroxylation is 1. The zero-order chi connectivity index (χ0) is 12.8. The maximum absolute atomic E-state index is 12.0. The number of ketones is 1. The highest BCUT2D eigenvalue weighted by molar-refractivity contribution is 5.81. The topological polar surface area (TPSA) is 57.8 Å². The van der Waals surface area contributed by atoms with E-state index < -0.39 is 0 Å². The van der Waals surface area contributed by atoms with E-state index in [4.69, 9.17) is 0 Å². The summed E-state index contributed by atoms with van der Waals surface area (Å²) in [7, 11) is 0. The number of H-pyrrole nitrogens is 1. The minimum Gasteiger partial charge on any atom is -0.370 e. The highest BCUT2D eigenvalue weighted by atomic mass is 16.1. The van der Waals surface area contributed by atoms with E-state index in [1.165, 1.54) is 19.3 Å². The molecule has 0 bridgehead atoms. The van der Waals surface area contributed by atoms with Gasteiger partial charge < -0.3 is 10.3 Å². The SMILES string of the molecule is CCc1ncc(NCCC(=O)C2CCCCC2)[nH]1. The first kappa shape index (κ1) is 13.1. The van der Waals surface area contributed by atoms with Crippen LogP contribution in [0.5, 0.6) is 0 Å². The molecule has 2 N–H and O–H groups in total. The molecule has 0 amide bonds. The molecule has 0 aliphatic heterocycles. The Balaban J connectivity index is 1.69. The predicted molar refractivity (Wildman–Crippen MR) is 72.7 cm³/mol. The lowest BCUT2D eigenvalue weighted by atomic mass is 9.85. The minimum atomic E-state index is 0.327. The molecular weight excluding hydrogens is 226 g/mol. The fourth-order valence-electron chi connectivity index (χ4n) is 2.58. The van der Waals surface area contributed by atoms with Crippen molar-refractivity contribution >= 4 is 11.6 Å². The molecule has 18 heavy (non-hydrogen) atoms. The molecule has 0 aromatic carbocycles. The Morgan fingerprint density at radius 3 is 2.89 bits per heavy atom.